The zero-order valence-electron chi connectivity index (χ0n) is 13.7. The molecule has 0 atom stereocenters. The van der Waals surface area contributed by atoms with Gasteiger partial charge in [-0.25, -0.2) is 0 Å². The van der Waals surface area contributed by atoms with E-state index in [1.165, 1.54) is 0 Å². The van der Waals surface area contributed by atoms with Crippen LogP contribution in [0.1, 0.15) is 21.7 Å². The number of nitrogens with zero attached hydrogens (tertiary/aromatic N) is 1. The van der Waals surface area contributed by atoms with E-state index in [0.29, 0.717) is 17.2 Å². The Hall–Kier alpha value is -2.43. The highest BCUT2D eigenvalue weighted by atomic mass is 16.5. The maximum absolute atomic E-state index is 12.3. The Kier molecular flexibility index (Phi) is 4.28. The number of carbonyl (C=O) groups excluding carboxylic acids is 1. The van der Waals surface area contributed by atoms with E-state index in [0.717, 1.165) is 36.6 Å². The van der Waals surface area contributed by atoms with Crippen LogP contribution < -0.4 is 9.47 Å². The molecule has 0 unspecified atom stereocenters. The van der Waals surface area contributed by atoms with Crippen molar-refractivity contribution in [2.75, 3.05) is 27.3 Å². The molecule has 0 N–H and O–H groups in total. The Bertz CT molecular complexity index is 679. The summed E-state index contributed by atoms with van der Waals surface area (Å²) in [6.45, 7) is 3.35. The number of carbonyl (C=O) groups is 1. The summed E-state index contributed by atoms with van der Waals surface area (Å²) in [5, 5.41) is 0. The van der Waals surface area contributed by atoms with Crippen molar-refractivity contribution in [1.82, 2.24) is 4.90 Å². The average molecular weight is 315 g/mol. The minimum atomic E-state index is 0.0516. The number of hydrogen-bond donors (Lipinski definition) is 0. The summed E-state index contributed by atoms with van der Waals surface area (Å²) in [5.74, 6) is 2.77. The molecule has 1 amide bonds. The molecule has 23 heavy (non-hydrogen) atoms. The summed E-state index contributed by atoms with van der Waals surface area (Å²) in [6.07, 6.45) is 2.46. The van der Waals surface area contributed by atoms with Crippen molar-refractivity contribution in [2.45, 2.75) is 13.3 Å². The molecule has 5 heteroatoms. The number of ether oxygens (including phenoxy) is 2. The van der Waals surface area contributed by atoms with Gasteiger partial charge in [-0.05, 0) is 43.0 Å². The molecule has 0 spiro atoms. The van der Waals surface area contributed by atoms with Crippen molar-refractivity contribution >= 4 is 5.91 Å². The van der Waals surface area contributed by atoms with Gasteiger partial charge in [0.25, 0.3) is 5.91 Å². The van der Waals surface area contributed by atoms with Gasteiger partial charge in [0.1, 0.15) is 17.3 Å². The van der Waals surface area contributed by atoms with E-state index in [9.17, 15) is 4.79 Å². The van der Waals surface area contributed by atoms with Crippen LogP contribution >= 0.6 is 0 Å². The zero-order chi connectivity index (χ0) is 16.4. The Morgan fingerprint density at radius 2 is 1.87 bits per heavy atom. The summed E-state index contributed by atoms with van der Waals surface area (Å²) < 4.78 is 15.8. The second kappa shape index (κ2) is 6.36. The van der Waals surface area contributed by atoms with E-state index in [2.05, 4.69) is 0 Å². The van der Waals surface area contributed by atoms with Crippen LogP contribution in [0.4, 0.5) is 0 Å². The molecular formula is C18H21NO4. The van der Waals surface area contributed by atoms with Gasteiger partial charge in [-0.3, -0.25) is 4.79 Å². The molecule has 1 aromatic heterocycles. The van der Waals surface area contributed by atoms with Gasteiger partial charge in [-0.2, -0.15) is 0 Å². The van der Waals surface area contributed by atoms with Gasteiger partial charge in [0.05, 0.1) is 26.0 Å². The van der Waals surface area contributed by atoms with Crippen molar-refractivity contribution in [1.29, 1.82) is 0 Å². The number of likely N-dealkylation sites (tertiary alicyclic amines) is 1. The van der Waals surface area contributed by atoms with Gasteiger partial charge >= 0.3 is 0 Å². The van der Waals surface area contributed by atoms with E-state index < -0.39 is 0 Å². The van der Waals surface area contributed by atoms with Crippen molar-refractivity contribution in [2.24, 2.45) is 5.92 Å². The molecule has 2 heterocycles. The summed E-state index contributed by atoms with van der Waals surface area (Å²) in [4.78, 5) is 14.2. The lowest BCUT2D eigenvalue weighted by Gasteiger charge is -2.39. The Morgan fingerprint density at radius 3 is 2.39 bits per heavy atom. The summed E-state index contributed by atoms with van der Waals surface area (Å²) in [6, 6.07) is 7.64. The van der Waals surface area contributed by atoms with Crippen LogP contribution in [0.2, 0.25) is 0 Å². The average Bonchev–Trinajstić information content (AvgIpc) is 2.95. The van der Waals surface area contributed by atoms with Crippen molar-refractivity contribution in [3.63, 3.8) is 0 Å². The number of aryl methyl sites for hydroxylation is 1. The van der Waals surface area contributed by atoms with Gasteiger partial charge in [0.2, 0.25) is 0 Å². The topological polar surface area (TPSA) is 51.9 Å². The van der Waals surface area contributed by atoms with Gasteiger partial charge in [-0.1, -0.05) is 0 Å². The van der Waals surface area contributed by atoms with Crippen LogP contribution in [-0.2, 0) is 6.42 Å². The second-order valence-corrected chi connectivity index (χ2v) is 5.89. The number of benzene rings is 1. The Morgan fingerprint density at radius 1 is 1.22 bits per heavy atom. The van der Waals surface area contributed by atoms with Gasteiger partial charge in [0.15, 0.2) is 0 Å². The van der Waals surface area contributed by atoms with E-state index in [-0.39, 0.29) is 5.91 Å². The SMILES string of the molecule is COc1cc(CC2CN(C(=O)c3ccoc3C)C2)cc(OC)c1. The van der Waals surface area contributed by atoms with Gasteiger partial charge < -0.3 is 18.8 Å². The van der Waals surface area contributed by atoms with Crippen LogP contribution in [0, 0.1) is 12.8 Å². The summed E-state index contributed by atoms with van der Waals surface area (Å²) in [7, 11) is 3.30. The highest BCUT2D eigenvalue weighted by Crippen LogP contribution is 2.28. The van der Waals surface area contributed by atoms with Gasteiger partial charge in [0, 0.05) is 19.2 Å². The molecule has 122 valence electrons. The summed E-state index contributed by atoms with van der Waals surface area (Å²) >= 11 is 0. The number of furan rings is 1. The maximum atomic E-state index is 12.3. The molecule has 3 rings (SSSR count). The van der Waals surface area contributed by atoms with Crippen LogP contribution in [-0.4, -0.2) is 38.1 Å². The molecule has 1 saturated heterocycles. The minimum absolute atomic E-state index is 0.0516. The monoisotopic (exact) mass is 315 g/mol. The summed E-state index contributed by atoms with van der Waals surface area (Å²) in [5.41, 5.74) is 1.82. The molecule has 0 bridgehead atoms. The smallest absolute Gasteiger partial charge is 0.257 e. The number of methoxy groups -OCH3 is 2. The fourth-order valence-corrected chi connectivity index (χ4v) is 2.96. The number of hydrogen-bond acceptors (Lipinski definition) is 4. The molecule has 2 aromatic rings. The lowest BCUT2D eigenvalue weighted by atomic mass is 9.91. The van der Waals surface area contributed by atoms with E-state index in [1.807, 2.05) is 30.0 Å². The fourth-order valence-electron chi connectivity index (χ4n) is 2.96. The largest absolute Gasteiger partial charge is 0.497 e. The molecule has 0 saturated carbocycles. The number of amides is 1. The third kappa shape index (κ3) is 3.18. The minimum Gasteiger partial charge on any atom is -0.497 e. The molecule has 1 aliphatic heterocycles. The molecule has 1 fully saturated rings. The van der Waals surface area contributed by atoms with Crippen LogP contribution in [0.3, 0.4) is 0 Å². The first kappa shape index (κ1) is 15.5. The van der Waals surface area contributed by atoms with Gasteiger partial charge in [-0.15, -0.1) is 0 Å². The lowest BCUT2D eigenvalue weighted by Crippen LogP contribution is -2.50. The Labute approximate surface area is 135 Å². The lowest BCUT2D eigenvalue weighted by molar-refractivity contribution is 0.0499. The molecule has 5 nitrogen and oxygen atoms in total. The molecule has 1 aromatic carbocycles. The Balaban J connectivity index is 1.60. The first-order valence-electron chi connectivity index (χ1n) is 7.66. The predicted octanol–water partition coefficient (Wildman–Crippen LogP) is 2.92. The predicted molar refractivity (Wildman–Crippen MR) is 86.1 cm³/mol. The number of rotatable bonds is 5. The van der Waals surface area contributed by atoms with Crippen LogP contribution in [0.25, 0.3) is 0 Å². The normalized spacial score (nSPS) is 14.5. The highest BCUT2D eigenvalue weighted by molar-refractivity contribution is 5.95. The molecular weight excluding hydrogens is 294 g/mol. The van der Waals surface area contributed by atoms with Crippen molar-refractivity contribution in [3.05, 3.63) is 47.4 Å². The quantitative estimate of drug-likeness (QED) is 0.851. The van der Waals surface area contributed by atoms with Crippen LogP contribution in [0.5, 0.6) is 11.5 Å². The first-order valence-corrected chi connectivity index (χ1v) is 7.66. The third-order valence-electron chi connectivity index (χ3n) is 4.27. The van der Waals surface area contributed by atoms with E-state index in [4.69, 9.17) is 13.9 Å². The molecule has 0 aliphatic carbocycles. The zero-order valence-corrected chi connectivity index (χ0v) is 13.7. The molecule has 1 aliphatic rings. The standard InChI is InChI=1S/C18H21NO4/c1-12-17(4-5-23-12)18(20)19-10-14(11-19)6-13-7-15(21-2)9-16(8-13)22-3/h4-5,7-9,14H,6,10-11H2,1-3H3. The van der Waals surface area contributed by atoms with E-state index in [1.54, 1.807) is 26.5 Å². The fraction of sp³-hybridized carbons (Fsp3) is 0.389. The van der Waals surface area contributed by atoms with Crippen LogP contribution in [0.15, 0.2) is 34.9 Å². The molecule has 0 radical (unpaired) electrons. The third-order valence-corrected chi connectivity index (χ3v) is 4.27. The highest BCUT2D eigenvalue weighted by Gasteiger charge is 2.32. The van der Waals surface area contributed by atoms with Crippen molar-refractivity contribution < 1.29 is 18.7 Å². The maximum Gasteiger partial charge on any atom is 0.257 e. The van der Waals surface area contributed by atoms with E-state index >= 15 is 0 Å². The second-order valence-electron chi connectivity index (χ2n) is 5.89. The van der Waals surface area contributed by atoms with Crippen molar-refractivity contribution in [3.8, 4) is 11.5 Å². The first-order chi connectivity index (χ1) is 11.1.